The summed E-state index contributed by atoms with van der Waals surface area (Å²) < 4.78 is 13.4. The fourth-order valence-corrected chi connectivity index (χ4v) is 4.50. The molecule has 3 amide bonds. The second-order valence-corrected chi connectivity index (χ2v) is 9.61. The Morgan fingerprint density at radius 2 is 1.76 bits per heavy atom. The predicted octanol–water partition coefficient (Wildman–Crippen LogP) is 6.23. The van der Waals surface area contributed by atoms with Crippen molar-refractivity contribution < 1.29 is 14.0 Å². The van der Waals surface area contributed by atoms with Gasteiger partial charge in [-0.15, -0.1) is 11.3 Å². The van der Waals surface area contributed by atoms with Crippen LogP contribution in [0.3, 0.4) is 0 Å². The van der Waals surface area contributed by atoms with Crippen molar-refractivity contribution in [1.82, 2.24) is 9.80 Å². The third-order valence-electron chi connectivity index (χ3n) is 5.72. The number of halogens is 1. The Hall–Kier alpha value is -3.19. The van der Waals surface area contributed by atoms with E-state index in [1.54, 1.807) is 33.3 Å². The van der Waals surface area contributed by atoms with Crippen LogP contribution in [0.5, 0.6) is 0 Å². The van der Waals surface area contributed by atoms with Crippen LogP contribution in [0, 0.1) is 12.7 Å². The summed E-state index contributed by atoms with van der Waals surface area (Å²) in [6.45, 7) is 8.58. The Morgan fingerprint density at radius 3 is 2.38 bits per heavy atom. The zero-order valence-electron chi connectivity index (χ0n) is 20.2. The first-order valence-electron chi connectivity index (χ1n) is 11.5. The van der Waals surface area contributed by atoms with Crippen molar-refractivity contribution in [2.75, 3.05) is 11.9 Å². The van der Waals surface area contributed by atoms with Crippen LogP contribution in [0.4, 0.5) is 14.9 Å². The summed E-state index contributed by atoms with van der Waals surface area (Å²) >= 11 is 1.60. The van der Waals surface area contributed by atoms with Crippen molar-refractivity contribution >= 4 is 29.0 Å². The maximum Gasteiger partial charge on any atom is 0.322 e. The van der Waals surface area contributed by atoms with E-state index in [1.807, 2.05) is 56.5 Å². The highest BCUT2D eigenvalue weighted by Crippen LogP contribution is 2.20. The number of nitrogens with one attached hydrogen (secondary N) is 1. The monoisotopic (exact) mass is 481 g/mol. The minimum atomic E-state index is -0.314. The third kappa shape index (κ3) is 6.90. The molecule has 0 aliphatic heterocycles. The Labute approximate surface area is 205 Å². The number of hydrogen-bond donors (Lipinski definition) is 1. The van der Waals surface area contributed by atoms with E-state index < -0.39 is 0 Å². The number of urea groups is 1. The number of thiophene rings is 1. The van der Waals surface area contributed by atoms with Gasteiger partial charge >= 0.3 is 6.03 Å². The number of benzene rings is 2. The smallest absolute Gasteiger partial charge is 0.322 e. The summed E-state index contributed by atoms with van der Waals surface area (Å²) in [6.07, 6.45) is 0.872. The molecule has 0 aliphatic rings. The van der Waals surface area contributed by atoms with E-state index in [4.69, 9.17) is 0 Å². The highest BCUT2D eigenvalue weighted by Gasteiger charge is 2.24. The molecule has 180 valence electrons. The summed E-state index contributed by atoms with van der Waals surface area (Å²) in [4.78, 5) is 30.9. The van der Waals surface area contributed by atoms with Crippen molar-refractivity contribution in [1.29, 1.82) is 0 Å². The van der Waals surface area contributed by atoms with Gasteiger partial charge in [-0.1, -0.05) is 31.2 Å². The molecule has 5 nitrogen and oxygen atoms in total. The third-order valence-corrected chi connectivity index (χ3v) is 6.73. The van der Waals surface area contributed by atoms with Gasteiger partial charge in [-0.25, -0.2) is 9.18 Å². The number of carbonyl (C=O) groups excluding carboxylic acids is 2. The minimum Gasteiger partial charge on any atom is -0.332 e. The molecule has 3 aromatic rings. The van der Waals surface area contributed by atoms with E-state index in [-0.39, 0.29) is 30.3 Å². The van der Waals surface area contributed by atoms with Gasteiger partial charge in [-0.2, -0.15) is 0 Å². The van der Waals surface area contributed by atoms with Crippen molar-refractivity contribution in [2.24, 2.45) is 0 Å². The Kier molecular flexibility index (Phi) is 8.82. The SMILES string of the molecule is CCc1cccc(NC(=O)N(CC(=O)N(Cc2ccc(F)cc2)Cc2sccc2C)C(C)C)c1. The molecule has 0 bridgehead atoms. The van der Waals surface area contributed by atoms with Gasteiger partial charge in [0, 0.05) is 23.2 Å². The van der Waals surface area contributed by atoms with E-state index >= 15 is 0 Å². The molecule has 0 spiro atoms. The van der Waals surface area contributed by atoms with Gasteiger partial charge < -0.3 is 15.1 Å². The van der Waals surface area contributed by atoms with Gasteiger partial charge in [0.1, 0.15) is 12.4 Å². The average Bonchev–Trinajstić information content (AvgIpc) is 3.22. The largest absolute Gasteiger partial charge is 0.332 e. The van der Waals surface area contributed by atoms with Crippen LogP contribution in [0.25, 0.3) is 0 Å². The minimum absolute atomic E-state index is 0.0530. The lowest BCUT2D eigenvalue weighted by atomic mass is 10.1. The molecule has 0 fully saturated rings. The summed E-state index contributed by atoms with van der Waals surface area (Å²) in [5.74, 6) is -0.478. The quantitative estimate of drug-likeness (QED) is 0.394. The summed E-state index contributed by atoms with van der Waals surface area (Å²) in [7, 11) is 0. The molecule has 2 aromatic carbocycles. The average molecular weight is 482 g/mol. The lowest BCUT2D eigenvalue weighted by molar-refractivity contribution is -0.133. The van der Waals surface area contributed by atoms with Gasteiger partial charge in [0.15, 0.2) is 0 Å². The standard InChI is InChI=1S/C27H32FN3O2S/c1-5-21-7-6-8-24(15-21)29-27(33)31(19(2)3)18-26(32)30(17-25-20(4)13-14-34-25)16-22-9-11-23(28)12-10-22/h6-15,19H,5,16-18H2,1-4H3,(H,29,33). The first-order valence-corrected chi connectivity index (χ1v) is 12.4. The Morgan fingerprint density at radius 1 is 1.03 bits per heavy atom. The van der Waals surface area contributed by atoms with E-state index in [2.05, 4.69) is 12.2 Å². The molecule has 1 aromatic heterocycles. The van der Waals surface area contributed by atoms with E-state index in [0.717, 1.165) is 28.0 Å². The van der Waals surface area contributed by atoms with Gasteiger partial charge in [0.05, 0.1) is 6.54 Å². The molecule has 1 heterocycles. The highest BCUT2D eigenvalue weighted by molar-refractivity contribution is 7.10. The molecular formula is C27H32FN3O2S. The number of aryl methyl sites for hydroxylation is 2. The lowest BCUT2D eigenvalue weighted by Gasteiger charge is -2.30. The van der Waals surface area contributed by atoms with E-state index in [0.29, 0.717) is 18.8 Å². The van der Waals surface area contributed by atoms with Crippen LogP contribution in [-0.4, -0.2) is 34.3 Å². The molecule has 7 heteroatoms. The predicted molar refractivity (Wildman–Crippen MR) is 136 cm³/mol. The first-order chi connectivity index (χ1) is 16.3. The molecular weight excluding hydrogens is 449 g/mol. The van der Waals surface area contributed by atoms with E-state index in [1.165, 1.54) is 12.1 Å². The number of rotatable bonds is 9. The zero-order valence-corrected chi connectivity index (χ0v) is 21.0. The van der Waals surface area contributed by atoms with Crippen LogP contribution < -0.4 is 5.32 Å². The van der Waals surface area contributed by atoms with Crippen LogP contribution in [-0.2, 0) is 24.3 Å². The van der Waals surface area contributed by atoms with Crippen molar-refractivity contribution in [3.8, 4) is 0 Å². The summed E-state index contributed by atoms with van der Waals surface area (Å²) in [6, 6.07) is 15.4. The highest BCUT2D eigenvalue weighted by atomic mass is 32.1. The number of carbonyl (C=O) groups is 2. The number of amides is 3. The lowest BCUT2D eigenvalue weighted by Crippen LogP contribution is -2.47. The maximum absolute atomic E-state index is 13.5. The molecule has 0 unspecified atom stereocenters. The van der Waals surface area contributed by atoms with E-state index in [9.17, 15) is 14.0 Å². The molecule has 0 saturated carbocycles. The van der Waals surface area contributed by atoms with Gasteiger partial charge in [0.25, 0.3) is 0 Å². The fraction of sp³-hybridized carbons (Fsp3) is 0.333. The molecule has 1 N–H and O–H groups in total. The molecule has 3 rings (SSSR count). The van der Waals surface area contributed by atoms with Crippen molar-refractivity contribution in [3.63, 3.8) is 0 Å². The van der Waals surface area contributed by atoms with Crippen LogP contribution >= 0.6 is 11.3 Å². The van der Waals surface area contributed by atoms with Crippen LogP contribution in [0.1, 0.15) is 42.3 Å². The van der Waals surface area contributed by atoms with Gasteiger partial charge in [-0.3, -0.25) is 4.79 Å². The summed E-state index contributed by atoms with van der Waals surface area (Å²) in [5, 5.41) is 4.93. The first kappa shape index (κ1) is 25.4. The number of anilines is 1. The molecule has 0 atom stereocenters. The number of hydrogen-bond acceptors (Lipinski definition) is 3. The zero-order chi connectivity index (χ0) is 24.7. The fourth-order valence-electron chi connectivity index (χ4n) is 3.58. The Balaban J connectivity index is 1.77. The van der Waals surface area contributed by atoms with Gasteiger partial charge in [0.2, 0.25) is 5.91 Å². The number of nitrogens with zero attached hydrogens (tertiary/aromatic N) is 2. The molecule has 0 radical (unpaired) electrons. The normalized spacial score (nSPS) is 10.9. The second-order valence-electron chi connectivity index (χ2n) is 8.61. The topological polar surface area (TPSA) is 52.7 Å². The molecule has 34 heavy (non-hydrogen) atoms. The van der Waals surface area contributed by atoms with Gasteiger partial charge in [-0.05, 0) is 79.6 Å². The molecule has 0 aliphatic carbocycles. The van der Waals surface area contributed by atoms with Crippen molar-refractivity contribution in [2.45, 2.75) is 53.2 Å². The van der Waals surface area contributed by atoms with Crippen molar-refractivity contribution in [3.05, 3.63) is 87.4 Å². The maximum atomic E-state index is 13.5. The Bertz CT molecular complexity index is 1110. The second kappa shape index (κ2) is 11.8. The van der Waals surface area contributed by atoms with Crippen LogP contribution in [0.15, 0.2) is 60.0 Å². The molecule has 0 saturated heterocycles. The van der Waals surface area contributed by atoms with Crippen LogP contribution in [0.2, 0.25) is 0 Å². The summed E-state index contributed by atoms with van der Waals surface area (Å²) in [5.41, 5.74) is 3.79.